The minimum Gasteiger partial charge on any atom is -0.507 e. The topological polar surface area (TPSA) is 57.6 Å². The van der Waals surface area contributed by atoms with Crippen molar-refractivity contribution in [3.05, 3.63) is 33.7 Å². The molecule has 0 aliphatic carbocycles. The van der Waals surface area contributed by atoms with E-state index in [-0.39, 0.29) is 22.6 Å². The van der Waals surface area contributed by atoms with Gasteiger partial charge in [-0.15, -0.1) is 0 Å². The second-order valence-corrected chi connectivity index (χ2v) is 9.84. The fraction of sp³-hybridized carbons (Fsp3) is 0.526. The molecular weight excluding hydrogens is 322 g/mol. The van der Waals surface area contributed by atoms with E-state index in [1.807, 2.05) is 53.7 Å². The molecule has 1 unspecified atom stereocenters. The van der Waals surface area contributed by atoms with Crippen molar-refractivity contribution in [2.24, 2.45) is 0 Å². The number of carbonyl (C=O) groups excluding carboxylic acids is 1. The van der Waals surface area contributed by atoms with Crippen molar-refractivity contribution in [1.29, 1.82) is 0 Å². The Morgan fingerprint density at radius 2 is 1.54 bits per heavy atom. The van der Waals surface area contributed by atoms with Crippen LogP contribution in [0.5, 0.6) is 5.75 Å². The van der Waals surface area contributed by atoms with Crippen molar-refractivity contribution in [2.75, 3.05) is 12.9 Å². The Balaban J connectivity index is 2.68. The molecule has 132 valence electrons. The summed E-state index contributed by atoms with van der Waals surface area (Å²) in [6, 6.07) is 3.78. The minimum atomic E-state index is -1.31. The third-order valence-electron chi connectivity index (χ3n) is 4.16. The van der Waals surface area contributed by atoms with Crippen LogP contribution < -0.4 is 0 Å². The lowest BCUT2D eigenvalue weighted by atomic mass is 9.78. The van der Waals surface area contributed by atoms with E-state index in [0.717, 1.165) is 16.7 Å². The summed E-state index contributed by atoms with van der Waals surface area (Å²) in [7, 11) is 0.345. The Hall–Kier alpha value is -1.62. The first kappa shape index (κ1) is 18.7. The van der Waals surface area contributed by atoms with Gasteiger partial charge in [0.1, 0.15) is 16.5 Å². The second kappa shape index (κ2) is 6.03. The summed E-state index contributed by atoms with van der Waals surface area (Å²) in [5, 5.41) is 10.7. The molecule has 1 atom stereocenters. The zero-order valence-corrected chi connectivity index (χ0v) is 16.4. The molecule has 5 heteroatoms. The van der Waals surface area contributed by atoms with Crippen LogP contribution in [0.25, 0.3) is 6.08 Å². The highest BCUT2D eigenvalue weighted by Gasteiger charge is 2.31. The highest BCUT2D eigenvalue weighted by Crippen LogP contribution is 2.40. The van der Waals surface area contributed by atoms with Gasteiger partial charge in [-0.1, -0.05) is 41.5 Å². The average molecular weight is 349 g/mol. The molecule has 4 nitrogen and oxygen atoms in total. The molecular formula is C19H27NO3S. The lowest BCUT2D eigenvalue weighted by molar-refractivity contribution is -0.123. The van der Waals surface area contributed by atoms with Crippen LogP contribution in [0.4, 0.5) is 0 Å². The third kappa shape index (κ3) is 3.56. The molecule has 1 aromatic rings. The fourth-order valence-electron chi connectivity index (χ4n) is 2.75. The van der Waals surface area contributed by atoms with Crippen LogP contribution in [0, 0.1) is 0 Å². The van der Waals surface area contributed by atoms with E-state index in [1.54, 1.807) is 13.1 Å². The summed E-state index contributed by atoms with van der Waals surface area (Å²) < 4.78 is 12.2. The monoisotopic (exact) mass is 349 g/mol. The van der Waals surface area contributed by atoms with Crippen LogP contribution >= 0.6 is 0 Å². The van der Waals surface area contributed by atoms with Gasteiger partial charge in [-0.2, -0.15) is 0 Å². The summed E-state index contributed by atoms with van der Waals surface area (Å²) in [4.78, 5) is 14.0. The molecule has 1 amide bonds. The lowest BCUT2D eigenvalue weighted by Crippen LogP contribution is -2.19. The number of aromatic hydroxyl groups is 1. The van der Waals surface area contributed by atoms with E-state index >= 15 is 0 Å². The van der Waals surface area contributed by atoms with Crippen molar-refractivity contribution < 1.29 is 14.1 Å². The van der Waals surface area contributed by atoms with E-state index in [1.165, 1.54) is 4.90 Å². The van der Waals surface area contributed by atoms with Crippen LogP contribution in [0.1, 0.15) is 58.2 Å². The molecule has 0 bridgehead atoms. The first-order chi connectivity index (χ1) is 10.8. The summed E-state index contributed by atoms with van der Waals surface area (Å²) >= 11 is 0. The second-order valence-electron chi connectivity index (χ2n) is 8.45. The van der Waals surface area contributed by atoms with Gasteiger partial charge in [-0.3, -0.25) is 9.00 Å². The SMILES string of the molecule is CN1CS(=O)C(=Cc2cc(C(C)(C)C)c(O)c(C(C)(C)C)c2)C1=O. The number of hydrogen-bond acceptors (Lipinski definition) is 3. The van der Waals surface area contributed by atoms with Gasteiger partial charge in [0.05, 0.1) is 10.8 Å². The van der Waals surface area contributed by atoms with Crippen LogP contribution in [0.15, 0.2) is 17.0 Å². The highest BCUT2D eigenvalue weighted by atomic mass is 32.2. The number of hydrogen-bond donors (Lipinski definition) is 1. The normalized spacial score (nSPS) is 21.0. The molecule has 1 saturated heterocycles. The maximum atomic E-state index is 12.2. The molecule has 2 rings (SSSR count). The van der Waals surface area contributed by atoms with Crippen molar-refractivity contribution >= 4 is 22.8 Å². The minimum absolute atomic E-state index is 0.198. The number of benzene rings is 1. The largest absolute Gasteiger partial charge is 0.507 e. The molecule has 0 radical (unpaired) electrons. The predicted octanol–water partition coefficient (Wildman–Crippen LogP) is 3.51. The Morgan fingerprint density at radius 3 is 1.88 bits per heavy atom. The number of phenols is 1. The van der Waals surface area contributed by atoms with E-state index in [0.29, 0.717) is 10.7 Å². The van der Waals surface area contributed by atoms with Crippen LogP contribution in [0.3, 0.4) is 0 Å². The molecule has 1 aromatic carbocycles. The van der Waals surface area contributed by atoms with E-state index in [2.05, 4.69) is 0 Å². The van der Waals surface area contributed by atoms with Gasteiger partial charge in [0.2, 0.25) is 0 Å². The van der Waals surface area contributed by atoms with Gasteiger partial charge in [0, 0.05) is 18.2 Å². The van der Waals surface area contributed by atoms with Crippen molar-refractivity contribution in [3.8, 4) is 5.75 Å². The third-order valence-corrected chi connectivity index (χ3v) is 5.56. The van der Waals surface area contributed by atoms with Gasteiger partial charge in [-0.25, -0.2) is 0 Å². The van der Waals surface area contributed by atoms with Crippen LogP contribution in [-0.2, 0) is 26.4 Å². The number of carbonyl (C=O) groups is 1. The van der Waals surface area contributed by atoms with E-state index < -0.39 is 10.8 Å². The molecule has 0 aromatic heterocycles. The molecule has 1 N–H and O–H groups in total. The number of rotatable bonds is 1. The van der Waals surface area contributed by atoms with Crippen molar-refractivity contribution in [3.63, 3.8) is 0 Å². The van der Waals surface area contributed by atoms with E-state index in [9.17, 15) is 14.1 Å². The maximum absolute atomic E-state index is 12.2. The summed E-state index contributed by atoms with van der Waals surface area (Å²) in [5.74, 6) is 0.338. The summed E-state index contributed by atoms with van der Waals surface area (Å²) in [6.07, 6.45) is 1.70. The highest BCUT2D eigenvalue weighted by molar-refractivity contribution is 7.90. The van der Waals surface area contributed by atoms with E-state index in [4.69, 9.17) is 0 Å². The fourth-order valence-corrected chi connectivity index (χ4v) is 3.98. The Kier molecular flexibility index (Phi) is 4.70. The number of likely N-dealkylation sites (N-methyl/N-ethyl adjacent to an activating group) is 1. The molecule has 0 spiro atoms. The summed E-state index contributed by atoms with van der Waals surface area (Å²) in [5.41, 5.74) is 1.97. The standard InChI is InChI=1S/C19H27NO3S/c1-18(2,3)13-8-12(9-14(16(13)21)19(4,5)6)10-15-17(22)20(7)11-24(15)23/h8-10,21H,11H2,1-7H3. The molecule has 1 aliphatic rings. The van der Waals surface area contributed by atoms with Gasteiger partial charge >= 0.3 is 0 Å². The van der Waals surface area contributed by atoms with Gasteiger partial charge in [0.25, 0.3) is 5.91 Å². The zero-order chi connectivity index (χ0) is 18.4. The maximum Gasteiger partial charge on any atom is 0.263 e. The molecule has 0 saturated carbocycles. The molecule has 1 heterocycles. The Bertz CT molecular complexity index is 701. The predicted molar refractivity (Wildman–Crippen MR) is 99.3 cm³/mol. The Labute approximate surface area is 147 Å². The zero-order valence-electron chi connectivity index (χ0n) is 15.6. The summed E-state index contributed by atoms with van der Waals surface area (Å²) in [6.45, 7) is 12.2. The molecule has 1 aliphatic heterocycles. The first-order valence-electron chi connectivity index (χ1n) is 8.06. The average Bonchev–Trinajstić information content (AvgIpc) is 2.64. The number of nitrogens with zero attached hydrogens (tertiary/aromatic N) is 1. The lowest BCUT2D eigenvalue weighted by Gasteiger charge is -2.28. The number of amides is 1. The smallest absolute Gasteiger partial charge is 0.263 e. The van der Waals surface area contributed by atoms with Gasteiger partial charge in [0.15, 0.2) is 0 Å². The van der Waals surface area contributed by atoms with Gasteiger partial charge < -0.3 is 10.0 Å². The van der Waals surface area contributed by atoms with Crippen molar-refractivity contribution in [2.45, 2.75) is 52.4 Å². The number of phenolic OH excluding ortho intramolecular Hbond substituents is 1. The van der Waals surface area contributed by atoms with Crippen LogP contribution in [-0.4, -0.2) is 33.0 Å². The quantitative estimate of drug-likeness (QED) is 0.790. The van der Waals surface area contributed by atoms with Crippen LogP contribution in [0.2, 0.25) is 0 Å². The Morgan fingerprint density at radius 1 is 1.08 bits per heavy atom. The van der Waals surface area contributed by atoms with Crippen molar-refractivity contribution in [1.82, 2.24) is 4.90 Å². The molecule has 24 heavy (non-hydrogen) atoms. The first-order valence-corrected chi connectivity index (χ1v) is 9.38. The van der Waals surface area contributed by atoms with Gasteiger partial charge in [-0.05, 0) is 34.6 Å². The molecule has 1 fully saturated rings.